The van der Waals surface area contributed by atoms with Gasteiger partial charge < -0.3 is 10.0 Å². The lowest BCUT2D eigenvalue weighted by Crippen LogP contribution is -2.44. The molecule has 18 heavy (non-hydrogen) atoms. The highest BCUT2D eigenvalue weighted by atomic mass is 32.1. The minimum absolute atomic E-state index is 0.120. The van der Waals surface area contributed by atoms with Crippen LogP contribution in [-0.2, 0) is 0 Å². The number of aliphatic hydroxyl groups excluding tert-OH is 1. The molecular formula is C12H16N4OS. The van der Waals surface area contributed by atoms with Crippen LogP contribution in [0.15, 0.2) is 6.20 Å². The third-order valence-electron chi connectivity index (χ3n) is 4.08. The fourth-order valence-corrected chi connectivity index (χ4v) is 4.44. The highest BCUT2D eigenvalue weighted by molar-refractivity contribution is 7.20. The number of aromatic nitrogens is 3. The fraction of sp³-hybridized carbons (Fsp3) is 0.667. The van der Waals surface area contributed by atoms with Crippen molar-refractivity contribution in [1.29, 1.82) is 0 Å². The van der Waals surface area contributed by atoms with Gasteiger partial charge in [-0.1, -0.05) is 11.3 Å². The smallest absolute Gasteiger partial charge is 0.214 e. The van der Waals surface area contributed by atoms with Crippen LogP contribution in [0, 0.1) is 6.92 Å². The van der Waals surface area contributed by atoms with Gasteiger partial charge in [0.25, 0.3) is 0 Å². The maximum Gasteiger partial charge on any atom is 0.214 e. The van der Waals surface area contributed by atoms with Crippen molar-refractivity contribution < 1.29 is 5.11 Å². The molecule has 5 nitrogen and oxygen atoms in total. The molecule has 2 bridgehead atoms. The Hall–Kier alpha value is -1.14. The number of aryl methyl sites for hydroxylation is 1. The molecule has 0 spiro atoms. The summed E-state index contributed by atoms with van der Waals surface area (Å²) in [5.74, 6) is 0. The molecule has 6 heteroatoms. The van der Waals surface area contributed by atoms with Crippen molar-refractivity contribution in [2.75, 3.05) is 4.90 Å². The summed E-state index contributed by atoms with van der Waals surface area (Å²) < 4.78 is 1.87. The van der Waals surface area contributed by atoms with Crippen molar-refractivity contribution in [3.63, 3.8) is 0 Å². The second-order valence-corrected chi connectivity index (χ2v) is 6.35. The Balaban J connectivity index is 1.72. The van der Waals surface area contributed by atoms with Crippen LogP contribution >= 0.6 is 11.3 Å². The van der Waals surface area contributed by atoms with Gasteiger partial charge in [-0.2, -0.15) is 0 Å². The number of imidazole rings is 1. The minimum atomic E-state index is -0.120. The van der Waals surface area contributed by atoms with Crippen molar-refractivity contribution in [3.8, 4) is 0 Å². The Bertz CT molecular complexity index is 546. The zero-order chi connectivity index (χ0) is 12.3. The van der Waals surface area contributed by atoms with Gasteiger partial charge in [0.2, 0.25) is 10.1 Å². The van der Waals surface area contributed by atoms with E-state index in [-0.39, 0.29) is 6.10 Å². The maximum absolute atomic E-state index is 9.83. The van der Waals surface area contributed by atoms with Gasteiger partial charge in [0.05, 0.1) is 18.0 Å². The lowest BCUT2D eigenvalue weighted by atomic mass is 10.0. The highest BCUT2D eigenvalue weighted by Crippen LogP contribution is 2.40. The Kier molecular flexibility index (Phi) is 2.20. The molecule has 0 aliphatic carbocycles. The zero-order valence-corrected chi connectivity index (χ0v) is 11.1. The molecule has 0 saturated carbocycles. The molecule has 2 aromatic heterocycles. The summed E-state index contributed by atoms with van der Waals surface area (Å²) in [6.45, 7) is 1.99. The van der Waals surface area contributed by atoms with Gasteiger partial charge in [-0.05, 0) is 32.6 Å². The Morgan fingerprint density at radius 3 is 2.72 bits per heavy atom. The van der Waals surface area contributed by atoms with E-state index >= 15 is 0 Å². The molecule has 2 saturated heterocycles. The molecule has 1 N–H and O–H groups in total. The number of hydrogen-bond acceptors (Lipinski definition) is 5. The van der Waals surface area contributed by atoms with Crippen LogP contribution in [0.25, 0.3) is 4.96 Å². The first-order valence-corrected chi connectivity index (χ1v) is 7.31. The van der Waals surface area contributed by atoms with Crippen LogP contribution in [0.2, 0.25) is 0 Å². The summed E-state index contributed by atoms with van der Waals surface area (Å²) in [7, 11) is 0. The molecule has 96 valence electrons. The molecule has 0 amide bonds. The number of fused-ring (bicyclic) bond motifs is 3. The van der Waals surface area contributed by atoms with E-state index in [2.05, 4.69) is 15.0 Å². The lowest BCUT2D eigenvalue weighted by Gasteiger charge is -2.36. The average Bonchev–Trinajstić information content (AvgIpc) is 2.88. The number of nitrogens with zero attached hydrogens (tertiary/aromatic N) is 4. The van der Waals surface area contributed by atoms with Gasteiger partial charge in [0, 0.05) is 12.1 Å². The Morgan fingerprint density at radius 1 is 1.33 bits per heavy atom. The topological polar surface area (TPSA) is 53.7 Å². The van der Waals surface area contributed by atoms with E-state index in [1.165, 1.54) is 12.8 Å². The number of hydrogen-bond donors (Lipinski definition) is 1. The van der Waals surface area contributed by atoms with Gasteiger partial charge in [-0.25, -0.2) is 9.50 Å². The summed E-state index contributed by atoms with van der Waals surface area (Å²) in [6, 6.07) is 0.936. The van der Waals surface area contributed by atoms with Crippen LogP contribution in [0.5, 0.6) is 0 Å². The van der Waals surface area contributed by atoms with Gasteiger partial charge in [0.1, 0.15) is 0 Å². The quantitative estimate of drug-likeness (QED) is 0.850. The molecule has 2 fully saturated rings. The minimum Gasteiger partial charge on any atom is -0.393 e. The lowest BCUT2D eigenvalue weighted by molar-refractivity contribution is 0.126. The predicted octanol–water partition coefficient (Wildman–Crippen LogP) is 1.59. The van der Waals surface area contributed by atoms with Crippen LogP contribution in [0.1, 0.15) is 31.4 Å². The molecule has 0 radical (unpaired) electrons. The number of rotatable bonds is 1. The number of anilines is 1. The van der Waals surface area contributed by atoms with Crippen molar-refractivity contribution in [1.82, 2.24) is 14.6 Å². The predicted molar refractivity (Wildman–Crippen MR) is 70.1 cm³/mol. The summed E-state index contributed by atoms with van der Waals surface area (Å²) in [4.78, 5) is 7.84. The molecule has 2 atom stereocenters. The van der Waals surface area contributed by atoms with Gasteiger partial charge in [0.15, 0.2) is 0 Å². The zero-order valence-electron chi connectivity index (χ0n) is 10.3. The van der Waals surface area contributed by atoms with Gasteiger partial charge in [-0.15, -0.1) is 5.10 Å². The average molecular weight is 264 g/mol. The Morgan fingerprint density at radius 2 is 2.06 bits per heavy atom. The summed E-state index contributed by atoms with van der Waals surface area (Å²) >= 11 is 1.66. The maximum atomic E-state index is 9.83. The van der Waals surface area contributed by atoms with Crippen LogP contribution in [-0.4, -0.2) is 37.9 Å². The second kappa shape index (κ2) is 3.68. The summed E-state index contributed by atoms with van der Waals surface area (Å²) in [6.07, 6.45) is 5.99. The highest BCUT2D eigenvalue weighted by Gasteiger charge is 2.41. The van der Waals surface area contributed by atoms with E-state index in [1.807, 2.05) is 17.6 Å². The second-order valence-electron chi connectivity index (χ2n) is 5.41. The standard InChI is InChI=1S/C12H16N4OS/c1-7-6-15-11(13-7)18-12(14-15)16-8-2-3-9(16)5-10(17)4-8/h6,8-10,17H,2-5H2,1H3. The van der Waals surface area contributed by atoms with Crippen LogP contribution in [0.3, 0.4) is 0 Å². The van der Waals surface area contributed by atoms with Crippen molar-refractivity contribution >= 4 is 21.4 Å². The van der Waals surface area contributed by atoms with E-state index in [0.717, 1.165) is 28.6 Å². The number of piperidine rings is 1. The fourth-order valence-electron chi connectivity index (χ4n) is 3.36. The van der Waals surface area contributed by atoms with E-state index < -0.39 is 0 Å². The first kappa shape index (κ1) is 10.8. The first-order chi connectivity index (χ1) is 8.70. The molecule has 4 heterocycles. The van der Waals surface area contributed by atoms with Gasteiger partial charge in [-0.3, -0.25) is 0 Å². The monoisotopic (exact) mass is 264 g/mol. The molecule has 0 aromatic carbocycles. The van der Waals surface area contributed by atoms with Crippen molar-refractivity contribution in [2.45, 2.75) is 50.8 Å². The first-order valence-electron chi connectivity index (χ1n) is 6.50. The normalized spacial score (nSPS) is 31.4. The Labute approximate surface area is 109 Å². The third-order valence-corrected chi connectivity index (χ3v) is 5.02. The third kappa shape index (κ3) is 1.48. The van der Waals surface area contributed by atoms with Gasteiger partial charge >= 0.3 is 0 Å². The molecule has 2 aliphatic rings. The van der Waals surface area contributed by atoms with Crippen LogP contribution in [0.4, 0.5) is 5.13 Å². The van der Waals surface area contributed by atoms with E-state index in [9.17, 15) is 5.11 Å². The SMILES string of the molecule is Cc1cn2nc(N3C4CCC3CC(O)C4)sc2n1. The van der Waals surface area contributed by atoms with Crippen molar-refractivity contribution in [3.05, 3.63) is 11.9 Å². The molecule has 2 aromatic rings. The van der Waals surface area contributed by atoms with E-state index in [1.54, 1.807) is 11.3 Å². The van der Waals surface area contributed by atoms with Crippen LogP contribution < -0.4 is 4.90 Å². The largest absolute Gasteiger partial charge is 0.393 e. The molecule has 2 unspecified atom stereocenters. The van der Waals surface area contributed by atoms with E-state index in [0.29, 0.717) is 12.1 Å². The molecular weight excluding hydrogens is 248 g/mol. The summed E-state index contributed by atoms with van der Waals surface area (Å²) in [5, 5.41) is 15.5. The van der Waals surface area contributed by atoms with E-state index in [4.69, 9.17) is 0 Å². The van der Waals surface area contributed by atoms with Crippen molar-refractivity contribution in [2.24, 2.45) is 0 Å². The number of aliphatic hydroxyl groups is 1. The molecule has 4 rings (SSSR count). The molecule has 2 aliphatic heterocycles. The summed E-state index contributed by atoms with van der Waals surface area (Å²) in [5.41, 5.74) is 1.01.